The van der Waals surface area contributed by atoms with E-state index in [9.17, 15) is 9.59 Å². The van der Waals surface area contributed by atoms with Gasteiger partial charge in [-0.2, -0.15) is 0 Å². The van der Waals surface area contributed by atoms with Crippen LogP contribution in [-0.4, -0.2) is 22.4 Å². The van der Waals surface area contributed by atoms with Crippen molar-refractivity contribution >= 4 is 27.5 Å². The molecule has 0 aromatic carbocycles. The van der Waals surface area contributed by atoms with Crippen LogP contribution in [0.15, 0.2) is 4.79 Å². The fourth-order valence-corrected chi connectivity index (χ4v) is 2.93. The third-order valence-electron chi connectivity index (χ3n) is 2.66. The highest BCUT2D eigenvalue weighted by Gasteiger charge is 2.18. The Morgan fingerprint density at radius 1 is 1.44 bits per heavy atom. The maximum absolute atomic E-state index is 11.9. The first-order chi connectivity index (χ1) is 8.54. The minimum Gasteiger partial charge on any atom is -0.351 e. The Balaban J connectivity index is 2.54. The number of amides is 1. The highest BCUT2D eigenvalue weighted by Crippen LogP contribution is 2.26. The zero-order valence-corrected chi connectivity index (χ0v) is 11.4. The molecule has 0 aliphatic heterocycles. The number of carbonyl (C=O) groups excluding carboxylic acids is 1. The van der Waals surface area contributed by atoms with E-state index >= 15 is 0 Å². The van der Waals surface area contributed by atoms with E-state index in [-0.39, 0.29) is 11.5 Å². The minimum atomic E-state index is -0.180. The molecule has 18 heavy (non-hydrogen) atoms. The maximum atomic E-state index is 11.9. The van der Waals surface area contributed by atoms with Crippen molar-refractivity contribution in [2.45, 2.75) is 27.2 Å². The predicted molar refractivity (Wildman–Crippen MR) is 72.3 cm³/mol. The van der Waals surface area contributed by atoms with Gasteiger partial charge in [-0.25, -0.2) is 4.98 Å². The summed E-state index contributed by atoms with van der Waals surface area (Å²) >= 11 is 1.27. The van der Waals surface area contributed by atoms with Gasteiger partial charge in [0, 0.05) is 6.54 Å². The first kappa shape index (κ1) is 12.8. The summed E-state index contributed by atoms with van der Waals surface area (Å²) in [6.07, 6.45) is 0.883. The van der Waals surface area contributed by atoms with Crippen molar-refractivity contribution in [1.29, 1.82) is 0 Å². The molecule has 2 heterocycles. The summed E-state index contributed by atoms with van der Waals surface area (Å²) in [4.78, 5) is 31.9. The Kier molecular flexibility index (Phi) is 3.47. The molecule has 0 bridgehead atoms. The van der Waals surface area contributed by atoms with Gasteiger partial charge >= 0.3 is 0 Å². The van der Waals surface area contributed by atoms with Crippen LogP contribution in [0.2, 0.25) is 0 Å². The van der Waals surface area contributed by atoms with Gasteiger partial charge in [-0.05, 0) is 25.8 Å². The number of H-pyrrole nitrogens is 1. The largest absolute Gasteiger partial charge is 0.351 e. The first-order valence-electron chi connectivity index (χ1n) is 5.82. The van der Waals surface area contributed by atoms with Crippen molar-refractivity contribution in [3.8, 4) is 0 Å². The SMILES string of the molecule is CCCNC(=O)c1sc2nc(C)[nH]c(=O)c2c1C. The Morgan fingerprint density at radius 2 is 2.17 bits per heavy atom. The summed E-state index contributed by atoms with van der Waals surface area (Å²) < 4.78 is 0. The average Bonchev–Trinajstić information content (AvgIpc) is 2.63. The second kappa shape index (κ2) is 4.89. The molecule has 2 N–H and O–H groups in total. The van der Waals surface area contributed by atoms with Crippen molar-refractivity contribution in [3.63, 3.8) is 0 Å². The average molecular weight is 265 g/mol. The lowest BCUT2D eigenvalue weighted by atomic mass is 10.2. The van der Waals surface area contributed by atoms with Crippen molar-refractivity contribution in [2.75, 3.05) is 6.54 Å². The molecule has 2 aromatic heterocycles. The molecule has 0 atom stereocenters. The number of rotatable bonds is 3. The van der Waals surface area contributed by atoms with Gasteiger partial charge < -0.3 is 10.3 Å². The molecule has 0 unspecified atom stereocenters. The van der Waals surface area contributed by atoms with Crippen LogP contribution in [0.4, 0.5) is 0 Å². The molecule has 6 heteroatoms. The first-order valence-corrected chi connectivity index (χ1v) is 6.64. The van der Waals surface area contributed by atoms with E-state index in [0.29, 0.717) is 33.0 Å². The van der Waals surface area contributed by atoms with Gasteiger partial charge in [-0.1, -0.05) is 6.92 Å². The fourth-order valence-electron chi connectivity index (χ4n) is 1.79. The van der Waals surface area contributed by atoms with Crippen LogP contribution < -0.4 is 10.9 Å². The van der Waals surface area contributed by atoms with Crippen LogP contribution in [0.1, 0.15) is 34.4 Å². The van der Waals surface area contributed by atoms with E-state index in [2.05, 4.69) is 15.3 Å². The molecule has 0 saturated carbocycles. The van der Waals surface area contributed by atoms with E-state index in [4.69, 9.17) is 0 Å². The number of nitrogens with one attached hydrogen (secondary N) is 2. The Bertz CT molecular complexity index is 657. The van der Waals surface area contributed by atoms with E-state index in [1.807, 2.05) is 6.92 Å². The summed E-state index contributed by atoms with van der Waals surface area (Å²) in [6, 6.07) is 0. The van der Waals surface area contributed by atoms with Crippen LogP contribution in [0.5, 0.6) is 0 Å². The smallest absolute Gasteiger partial charge is 0.261 e. The highest BCUT2D eigenvalue weighted by molar-refractivity contribution is 7.20. The van der Waals surface area contributed by atoms with Gasteiger partial charge in [0.25, 0.3) is 11.5 Å². The van der Waals surface area contributed by atoms with Crippen molar-refractivity contribution in [3.05, 3.63) is 26.6 Å². The molecule has 0 aliphatic carbocycles. The van der Waals surface area contributed by atoms with Crippen molar-refractivity contribution in [2.24, 2.45) is 0 Å². The molecule has 96 valence electrons. The second-order valence-electron chi connectivity index (χ2n) is 4.14. The zero-order chi connectivity index (χ0) is 13.3. The molecule has 0 fully saturated rings. The van der Waals surface area contributed by atoms with Gasteiger partial charge in [0.2, 0.25) is 0 Å². The molecule has 2 rings (SSSR count). The summed E-state index contributed by atoms with van der Waals surface area (Å²) in [5.41, 5.74) is 0.526. The number of thiophene rings is 1. The number of carbonyl (C=O) groups is 1. The molecule has 0 spiro atoms. The Labute approximate surface area is 108 Å². The minimum absolute atomic E-state index is 0.130. The maximum Gasteiger partial charge on any atom is 0.261 e. The van der Waals surface area contributed by atoms with Crippen LogP contribution in [0.3, 0.4) is 0 Å². The monoisotopic (exact) mass is 265 g/mol. The van der Waals surface area contributed by atoms with Crippen molar-refractivity contribution in [1.82, 2.24) is 15.3 Å². The quantitative estimate of drug-likeness (QED) is 0.887. The number of hydrogen-bond donors (Lipinski definition) is 2. The van der Waals surface area contributed by atoms with Gasteiger partial charge in [0.1, 0.15) is 10.7 Å². The van der Waals surface area contributed by atoms with E-state index in [1.165, 1.54) is 11.3 Å². The van der Waals surface area contributed by atoms with Crippen molar-refractivity contribution < 1.29 is 4.79 Å². The third kappa shape index (κ3) is 2.15. The standard InChI is InChI=1S/C12H15N3O2S/c1-4-5-13-11(17)9-6(2)8-10(16)14-7(3)15-12(8)18-9/h4-5H2,1-3H3,(H,13,17)(H,14,15,16). The number of nitrogens with zero attached hydrogens (tertiary/aromatic N) is 1. The Hall–Kier alpha value is -1.69. The van der Waals surface area contributed by atoms with Gasteiger partial charge in [0.15, 0.2) is 0 Å². The third-order valence-corrected chi connectivity index (χ3v) is 3.85. The zero-order valence-electron chi connectivity index (χ0n) is 10.6. The van der Waals surface area contributed by atoms with Crippen LogP contribution in [0, 0.1) is 13.8 Å². The van der Waals surface area contributed by atoms with E-state index in [1.54, 1.807) is 13.8 Å². The van der Waals surface area contributed by atoms with E-state index < -0.39 is 0 Å². The number of aromatic amines is 1. The summed E-state index contributed by atoms with van der Waals surface area (Å²) in [7, 11) is 0. The van der Waals surface area contributed by atoms with Crippen LogP contribution in [0.25, 0.3) is 10.2 Å². The van der Waals surface area contributed by atoms with E-state index in [0.717, 1.165) is 6.42 Å². The lowest BCUT2D eigenvalue weighted by molar-refractivity contribution is 0.0957. The number of aromatic nitrogens is 2. The van der Waals surface area contributed by atoms with Gasteiger partial charge in [-0.3, -0.25) is 9.59 Å². The fraction of sp³-hybridized carbons (Fsp3) is 0.417. The number of hydrogen-bond acceptors (Lipinski definition) is 4. The molecule has 5 nitrogen and oxygen atoms in total. The highest BCUT2D eigenvalue weighted by atomic mass is 32.1. The lowest BCUT2D eigenvalue weighted by Crippen LogP contribution is -2.23. The van der Waals surface area contributed by atoms with Gasteiger partial charge in [0.05, 0.1) is 10.3 Å². The second-order valence-corrected chi connectivity index (χ2v) is 5.14. The molecule has 1 amide bonds. The van der Waals surface area contributed by atoms with Gasteiger partial charge in [-0.15, -0.1) is 11.3 Å². The molecule has 2 aromatic rings. The lowest BCUT2D eigenvalue weighted by Gasteiger charge is -2.01. The molecule has 0 aliphatic rings. The number of aryl methyl sites for hydroxylation is 2. The molecule has 0 saturated heterocycles. The molecule has 0 radical (unpaired) electrons. The van der Waals surface area contributed by atoms with Crippen LogP contribution in [-0.2, 0) is 0 Å². The normalized spacial score (nSPS) is 10.8. The summed E-state index contributed by atoms with van der Waals surface area (Å²) in [5, 5.41) is 3.34. The summed E-state index contributed by atoms with van der Waals surface area (Å²) in [6.45, 7) is 6.14. The number of fused-ring (bicyclic) bond motifs is 1. The summed E-state index contributed by atoms with van der Waals surface area (Å²) in [5.74, 6) is 0.434. The Morgan fingerprint density at radius 3 is 2.83 bits per heavy atom. The predicted octanol–water partition coefficient (Wildman–Crippen LogP) is 1.74. The topological polar surface area (TPSA) is 74.8 Å². The molecular formula is C12H15N3O2S. The van der Waals surface area contributed by atoms with Crippen LogP contribution >= 0.6 is 11.3 Å². The molecular weight excluding hydrogens is 250 g/mol.